The van der Waals surface area contributed by atoms with E-state index in [4.69, 9.17) is 4.98 Å². The normalized spacial score (nSPS) is 13.7. The second-order valence-electron chi connectivity index (χ2n) is 6.63. The number of imidazole rings is 1. The van der Waals surface area contributed by atoms with Crippen molar-refractivity contribution in [1.29, 1.82) is 5.26 Å². The minimum atomic E-state index is 0.755. The molecule has 2 aromatic heterocycles. The summed E-state index contributed by atoms with van der Waals surface area (Å²) in [5.41, 5.74) is 8.49. The highest BCUT2D eigenvalue weighted by atomic mass is 15.0. The Kier molecular flexibility index (Phi) is 3.11. The van der Waals surface area contributed by atoms with E-state index in [2.05, 4.69) is 40.8 Å². The van der Waals surface area contributed by atoms with Crippen LogP contribution in [-0.2, 0) is 12.8 Å². The Balaban J connectivity index is 2.05. The molecule has 0 spiro atoms. The van der Waals surface area contributed by atoms with Crippen molar-refractivity contribution < 1.29 is 0 Å². The number of benzene rings is 2. The number of nitriles is 1. The Morgan fingerprint density at radius 1 is 0.880 bits per heavy atom. The van der Waals surface area contributed by atoms with Gasteiger partial charge in [-0.1, -0.05) is 42.5 Å². The lowest BCUT2D eigenvalue weighted by Crippen LogP contribution is -2.11. The number of hydrogen-bond donors (Lipinski definition) is 0. The Morgan fingerprint density at radius 2 is 1.60 bits per heavy atom. The fraction of sp³-hybridized carbons (Fsp3) is 0.182. The van der Waals surface area contributed by atoms with Crippen LogP contribution in [0.4, 0.5) is 0 Å². The quantitative estimate of drug-likeness (QED) is 0.499. The number of aromatic nitrogens is 2. The van der Waals surface area contributed by atoms with E-state index in [1.165, 1.54) is 28.8 Å². The number of rotatable bonds is 1. The first-order chi connectivity index (χ1) is 12.4. The summed E-state index contributed by atoms with van der Waals surface area (Å²) in [7, 11) is 0. The smallest absolute Gasteiger partial charge is 0.156 e. The molecule has 0 unspecified atom stereocenters. The van der Waals surface area contributed by atoms with Crippen molar-refractivity contribution in [2.75, 3.05) is 0 Å². The van der Waals surface area contributed by atoms with Gasteiger partial charge in [0.1, 0.15) is 6.07 Å². The summed E-state index contributed by atoms with van der Waals surface area (Å²) in [6, 6.07) is 21.1. The highest BCUT2D eigenvalue weighted by molar-refractivity contribution is 5.87. The van der Waals surface area contributed by atoms with Crippen LogP contribution in [0.2, 0.25) is 0 Å². The van der Waals surface area contributed by atoms with Crippen molar-refractivity contribution >= 4 is 16.7 Å². The summed E-state index contributed by atoms with van der Waals surface area (Å²) in [6.45, 7) is 0. The van der Waals surface area contributed by atoms with E-state index in [0.717, 1.165) is 41.5 Å². The summed E-state index contributed by atoms with van der Waals surface area (Å²) >= 11 is 0. The fourth-order valence-corrected chi connectivity index (χ4v) is 4.15. The van der Waals surface area contributed by atoms with Crippen LogP contribution < -0.4 is 0 Å². The van der Waals surface area contributed by atoms with Crippen molar-refractivity contribution in [3.05, 3.63) is 71.3 Å². The first kappa shape index (κ1) is 14.2. The third kappa shape index (κ3) is 2.01. The van der Waals surface area contributed by atoms with Gasteiger partial charge in [0.15, 0.2) is 5.65 Å². The molecule has 2 heterocycles. The van der Waals surface area contributed by atoms with Crippen LogP contribution in [0, 0.1) is 11.3 Å². The molecule has 0 saturated carbocycles. The highest BCUT2D eigenvalue weighted by Gasteiger charge is 2.24. The van der Waals surface area contributed by atoms with Crippen LogP contribution in [0.15, 0.2) is 54.6 Å². The maximum absolute atomic E-state index is 9.87. The zero-order valence-corrected chi connectivity index (χ0v) is 13.9. The maximum atomic E-state index is 9.87. The van der Waals surface area contributed by atoms with Gasteiger partial charge in [-0.3, -0.25) is 4.40 Å². The molecule has 120 valence electrons. The van der Waals surface area contributed by atoms with Crippen LogP contribution in [-0.4, -0.2) is 9.38 Å². The molecule has 25 heavy (non-hydrogen) atoms. The predicted molar refractivity (Wildman–Crippen MR) is 99.5 cm³/mol. The monoisotopic (exact) mass is 323 g/mol. The standard InChI is InChI=1S/C22H17N3/c23-14-18-16-10-4-5-11-17(16)21(15-8-2-1-3-9-15)25-20-13-7-6-12-19(20)24-22(18)25/h1-3,6-9,12-13H,4-5,10-11H2. The largest absolute Gasteiger partial charge is 0.291 e. The van der Waals surface area contributed by atoms with Crippen LogP contribution >= 0.6 is 0 Å². The van der Waals surface area contributed by atoms with Gasteiger partial charge in [-0.2, -0.15) is 5.26 Å². The van der Waals surface area contributed by atoms with Crippen molar-refractivity contribution in [2.45, 2.75) is 25.7 Å². The molecule has 3 heteroatoms. The Morgan fingerprint density at radius 3 is 2.40 bits per heavy atom. The van der Waals surface area contributed by atoms with Gasteiger partial charge in [0.05, 0.1) is 22.3 Å². The zero-order chi connectivity index (χ0) is 16.8. The topological polar surface area (TPSA) is 41.1 Å². The van der Waals surface area contributed by atoms with Crippen molar-refractivity contribution in [3.63, 3.8) is 0 Å². The van der Waals surface area contributed by atoms with E-state index in [0.29, 0.717) is 0 Å². The summed E-state index contributed by atoms with van der Waals surface area (Å²) in [5.74, 6) is 0. The molecule has 3 nitrogen and oxygen atoms in total. The Bertz CT molecular complexity index is 1150. The third-order valence-corrected chi connectivity index (χ3v) is 5.22. The van der Waals surface area contributed by atoms with Gasteiger partial charge in [-0.15, -0.1) is 0 Å². The van der Waals surface area contributed by atoms with Crippen molar-refractivity contribution in [1.82, 2.24) is 9.38 Å². The van der Waals surface area contributed by atoms with Crippen LogP contribution in [0.1, 0.15) is 29.5 Å². The summed E-state index contributed by atoms with van der Waals surface area (Å²) in [4.78, 5) is 4.82. The number of para-hydroxylation sites is 2. The molecule has 1 aliphatic carbocycles. The summed E-state index contributed by atoms with van der Waals surface area (Å²) < 4.78 is 2.20. The maximum Gasteiger partial charge on any atom is 0.156 e. The molecule has 0 fully saturated rings. The molecule has 0 bridgehead atoms. The molecule has 0 amide bonds. The zero-order valence-electron chi connectivity index (χ0n) is 13.9. The van der Waals surface area contributed by atoms with Gasteiger partial charge in [0.2, 0.25) is 0 Å². The second kappa shape index (κ2) is 5.46. The minimum absolute atomic E-state index is 0.755. The van der Waals surface area contributed by atoms with Crippen LogP contribution in [0.3, 0.4) is 0 Å². The van der Waals surface area contributed by atoms with E-state index < -0.39 is 0 Å². The number of nitrogens with zero attached hydrogens (tertiary/aromatic N) is 3. The van der Waals surface area contributed by atoms with Gasteiger partial charge in [-0.25, -0.2) is 4.98 Å². The third-order valence-electron chi connectivity index (χ3n) is 5.22. The summed E-state index contributed by atoms with van der Waals surface area (Å²) in [6.07, 6.45) is 4.32. The molecule has 2 aromatic carbocycles. The van der Waals surface area contributed by atoms with Crippen molar-refractivity contribution in [3.8, 4) is 17.3 Å². The van der Waals surface area contributed by atoms with E-state index in [9.17, 15) is 5.26 Å². The summed E-state index contributed by atoms with van der Waals surface area (Å²) in [5, 5.41) is 9.87. The van der Waals surface area contributed by atoms with Crippen LogP contribution in [0.25, 0.3) is 27.9 Å². The Labute approximate surface area is 146 Å². The first-order valence-electron chi connectivity index (χ1n) is 8.79. The van der Waals surface area contributed by atoms with E-state index in [1.807, 2.05) is 24.3 Å². The molecule has 0 N–H and O–H groups in total. The molecule has 5 rings (SSSR count). The number of fused-ring (bicyclic) bond motifs is 4. The average Bonchev–Trinajstić information content (AvgIpc) is 3.05. The van der Waals surface area contributed by atoms with Gasteiger partial charge in [0.25, 0.3) is 0 Å². The van der Waals surface area contributed by atoms with E-state index in [1.54, 1.807) is 0 Å². The number of pyridine rings is 1. The van der Waals surface area contributed by atoms with Gasteiger partial charge >= 0.3 is 0 Å². The molecule has 0 atom stereocenters. The van der Waals surface area contributed by atoms with Gasteiger partial charge in [-0.05, 0) is 54.5 Å². The molecular weight excluding hydrogens is 306 g/mol. The van der Waals surface area contributed by atoms with Crippen molar-refractivity contribution in [2.24, 2.45) is 0 Å². The lowest BCUT2D eigenvalue weighted by molar-refractivity contribution is 0.682. The molecule has 4 aromatic rings. The van der Waals surface area contributed by atoms with Gasteiger partial charge in [0, 0.05) is 0 Å². The lowest BCUT2D eigenvalue weighted by atomic mass is 9.86. The molecule has 0 aliphatic heterocycles. The SMILES string of the molecule is N#Cc1c2c(c(-c3ccccc3)n3c1nc1ccccc13)CCCC2. The van der Waals surface area contributed by atoms with Gasteiger partial charge < -0.3 is 0 Å². The average molecular weight is 323 g/mol. The second-order valence-corrected chi connectivity index (χ2v) is 6.63. The fourth-order valence-electron chi connectivity index (χ4n) is 4.15. The Hall–Kier alpha value is -3.12. The molecular formula is C22H17N3. The number of hydrogen-bond acceptors (Lipinski definition) is 2. The molecule has 0 saturated heterocycles. The lowest BCUT2D eigenvalue weighted by Gasteiger charge is -2.23. The predicted octanol–water partition coefficient (Wildman–Crippen LogP) is 4.90. The van der Waals surface area contributed by atoms with E-state index in [-0.39, 0.29) is 0 Å². The molecule has 0 radical (unpaired) electrons. The first-order valence-corrected chi connectivity index (χ1v) is 8.79. The molecule has 1 aliphatic rings. The van der Waals surface area contributed by atoms with E-state index >= 15 is 0 Å². The minimum Gasteiger partial charge on any atom is -0.291 e. The van der Waals surface area contributed by atoms with Crippen LogP contribution in [0.5, 0.6) is 0 Å². The highest BCUT2D eigenvalue weighted by Crippen LogP contribution is 2.37.